The number of carbonyl (C=O) groups excluding carboxylic acids is 2. The second kappa shape index (κ2) is 17.8. The van der Waals surface area contributed by atoms with Crippen molar-refractivity contribution in [1.29, 1.82) is 10.5 Å². The van der Waals surface area contributed by atoms with Gasteiger partial charge in [0.15, 0.2) is 22.6 Å². The van der Waals surface area contributed by atoms with Crippen molar-refractivity contribution in [2.24, 2.45) is 11.8 Å². The molecule has 6 aromatic heterocycles. The molecule has 4 atom stereocenters. The van der Waals surface area contributed by atoms with Gasteiger partial charge < -0.3 is 14.8 Å². The number of rotatable bonds is 12. The average Bonchev–Trinajstić information content (AvgIpc) is 4.13. The van der Waals surface area contributed by atoms with Crippen molar-refractivity contribution in [2.75, 3.05) is 26.2 Å². The van der Waals surface area contributed by atoms with Crippen LogP contribution in [0.5, 0.6) is 0 Å². The summed E-state index contributed by atoms with van der Waals surface area (Å²) in [4.78, 5) is 50.4. The van der Waals surface area contributed by atoms with Crippen molar-refractivity contribution in [3.05, 3.63) is 90.5 Å². The number of amides is 2. The second-order valence-corrected chi connectivity index (χ2v) is 18.1. The second-order valence-electron chi connectivity index (χ2n) is 16.3. The van der Waals surface area contributed by atoms with Gasteiger partial charge in [-0.25, -0.2) is 32.3 Å². The highest BCUT2D eigenvalue weighted by molar-refractivity contribution is 7.90. The lowest BCUT2D eigenvalue weighted by molar-refractivity contribution is -0.131. The Bertz CT molecular complexity index is 2950. The third-order valence-electron chi connectivity index (χ3n) is 12.6. The molecule has 7 aromatic rings. The summed E-state index contributed by atoms with van der Waals surface area (Å²) in [5, 5.41) is 17.4. The van der Waals surface area contributed by atoms with Gasteiger partial charge in [0.05, 0.1) is 40.5 Å². The molecule has 9 rings (SSSR count). The smallest absolute Gasteiger partial charge is 0.269 e. The van der Waals surface area contributed by atoms with Crippen LogP contribution in [0.2, 0.25) is 0 Å². The Morgan fingerprint density at radius 3 is 1.82 bits per heavy atom. The van der Waals surface area contributed by atoms with Crippen LogP contribution in [0.3, 0.4) is 0 Å². The fourth-order valence-electron chi connectivity index (χ4n) is 9.18. The topological polar surface area (TPSA) is 203 Å². The van der Waals surface area contributed by atoms with Gasteiger partial charge in [-0.3, -0.25) is 18.4 Å². The summed E-state index contributed by atoms with van der Waals surface area (Å²) >= 11 is 0. The van der Waals surface area contributed by atoms with Gasteiger partial charge >= 0.3 is 0 Å². The van der Waals surface area contributed by atoms with E-state index in [2.05, 4.69) is 55.3 Å². The minimum atomic E-state index is -3.82. The van der Waals surface area contributed by atoms with Crippen LogP contribution in [-0.4, -0.2) is 93.9 Å². The standard InChI is InChI=1S/C26H28N6O3S.C19H22N6O/c1-3-19-16-30(25(33)6-4-5-12-27)17-21(19)23-14-28-24-15-29-26-22(32(23)24)11-13-31(26)36(34,35)20-9-7-18(2)8-10-20;1-2-13-11-24(18(26)5-3-4-7-20)12-14(13)16-9-22-17-10-23-19-15(25(16)17)6-8-21-19/h7-11,13-15,19,21H,3-6,16-17H2,1-2H3;6,8-10,13-14,21H,2-5,11-12H2,1H3/t19-,21+;13-,14+/m11/s1. The first-order chi connectivity index (χ1) is 30.1. The van der Waals surface area contributed by atoms with Crippen molar-refractivity contribution in [1.82, 2.24) is 47.5 Å². The number of benzene rings is 1. The minimum absolute atomic E-state index is 0.0626. The molecule has 0 radical (unpaired) electrons. The Morgan fingerprint density at radius 1 is 0.726 bits per heavy atom. The summed E-state index contributed by atoms with van der Waals surface area (Å²) < 4.78 is 32.1. The summed E-state index contributed by atoms with van der Waals surface area (Å²) in [7, 11) is -3.82. The largest absolute Gasteiger partial charge is 0.345 e. The third kappa shape index (κ3) is 7.88. The van der Waals surface area contributed by atoms with Gasteiger partial charge in [0.2, 0.25) is 11.8 Å². The van der Waals surface area contributed by atoms with Gasteiger partial charge in [-0.05, 0) is 55.9 Å². The predicted octanol–water partition coefficient (Wildman–Crippen LogP) is 6.73. The minimum Gasteiger partial charge on any atom is -0.345 e. The number of aromatic nitrogens is 8. The molecule has 0 bridgehead atoms. The monoisotopic (exact) mass is 854 g/mol. The first-order valence-corrected chi connectivity index (χ1v) is 22.8. The molecule has 2 saturated heterocycles. The Morgan fingerprint density at radius 2 is 1.27 bits per heavy atom. The molecule has 0 saturated carbocycles. The predicted molar refractivity (Wildman–Crippen MR) is 232 cm³/mol. The zero-order valence-electron chi connectivity index (χ0n) is 35.2. The Balaban J connectivity index is 0.000000180. The normalized spacial score (nSPS) is 19.0. The molecule has 2 aliphatic rings. The molecule has 1 N–H and O–H groups in total. The molecule has 62 heavy (non-hydrogen) atoms. The van der Waals surface area contributed by atoms with E-state index in [0.29, 0.717) is 80.9 Å². The van der Waals surface area contributed by atoms with Crippen LogP contribution >= 0.6 is 0 Å². The third-order valence-corrected chi connectivity index (χ3v) is 14.2. The van der Waals surface area contributed by atoms with Crippen LogP contribution in [0, 0.1) is 41.4 Å². The molecule has 0 spiro atoms. The van der Waals surface area contributed by atoms with E-state index in [1.165, 1.54) is 10.2 Å². The molecular formula is C45H50N12O4S. The number of carbonyl (C=O) groups is 2. The number of nitrogens with one attached hydrogen (secondary N) is 1. The van der Waals surface area contributed by atoms with Crippen LogP contribution in [0.25, 0.3) is 33.6 Å². The Hall–Kier alpha value is -6.59. The lowest BCUT2D eigenvalue weighted by Crippen LogP contribution is -2.28. The van der Waals surface area contributed by atoms with Crippen molar-refractivity contribution in [3.8, 4) is 12.1 Å². The van der Waals surface area contributed by atoms with Gasteiger partial charge in [-0.15, -0.1) is 0 Å². The van der Waals surface area contributed by atoms with Gasteiger partial charge in [0.1, 0.15) is 0 Å². The van der Waals surface area contributed by atoms with Crippen molar-refractivity contribution >= 4 is 55.5 Å². The zero-order chi connectivity index (χ0) is 43.5. The lowest BCUT2D eigenvalue weighted by Gasteiger charge is -2.17. The molecule has 2 amide bonds. The fraction of sp³-hybridized carbons (Fsp3) is 0.422. The van der Waals surface area contributed by atoms with E-state index >= 15 is 0 Å². The number of aromatic amines is 1. The van der Waals surface area contributed by atoms with Crippen LogP contribution in [0.15, 0.2) is 78.5 Å². The molecule has 2 aliphatic heterocycles. The number of imidazole rings is 2. The first kappa shape index (κ1) is 42.1. The van der Waals surface area contributed by atoms with E-state index in [0.717, 1.165) is 53.1 Å². The van der Waals surface area contributed by atoms with Crippen LogP contribution in [0.4, 0.5) is 0 Å². The summed E-state index contributed by atoms with van der Waals surface area (Å²) in [5.74, 6) is 1.22. The molecule has 8 heterocycles. The highest BCUT2D eigenvalue weighted by atomic mass is 32.2. The van der Waals surface area contributed by atoms with Crippen molar-refractivity contribution in [2.45, 2.75) is 88.9 Å². The number of fused-ring (bicyclic) bond motifs is 6. The van der Waals surface area contributed by atoms with Crippen LogP contribution in [-0.2, 0) is 19.6 Å². The van der Waals surface area contributed by atoms with Crippen LogP contribution < -0.4 is 0 Å². The maximum absolute atomic E-state index is 13.4. The van der Waals surface area contributed by atoms with E-state index in [9.17, 15) is 18.0 Å². The maximum atomic E-state index is 13.4. The van der Waals surface area contributed by atoms with Gasteiger partial charge in [0.25, 0.3) is 10.0 Å². The number of hydrogen-bond donors (Lipinski definition) is 1. The summed E-state index contributed by atoms with van der Waals surface area (Å²) in [6, 6.07) is 14.7. The molecule has 16 nitrogen and oxygen atoms in total. The van der Waals surface area contributed by atoms with Crippen molar-refractivity contribution in [3.63, 3.8) is 0 Å². The van der Waals surface area contributed by atoms with E-state index < -0.39 is 10.0 Å². The molecule has 17 heteroatoms. The molecule has 0 aliphatic carbocycles. The summed E-state index contributed by atoms with van der Waals surface area (Å²) in [6.07, 6.45) is 15.3. The van der Waals surface area contributed by atoms with Gasteiger partial charge in [-0.1, -0.05) is 44.4 Å². The molecule has 1 aromatic carbocycles. The number of hydrogen-bond acceptors (Lipinski definition) is 10. The number of unbranched alkanes of at least 4 members (excludes halogenated alkanes) is 2. The van der Waals surface area contributed by atoms with Gasteiger partial charge in [0, 0.05) is 99.9 Å². The Labute approximate surface area is 359 Å². The number of nitrogens with zero attached hydrogens (tertiary/aromatic N) is 11. The average molecular weight is 855 g/mol. The quantitative estimate of drug-likeness (QED) is 0.128. The lowest BCUT2D eigenvalue weighted by atomic mass is 9.91. The maximum Gasteiger partial charge on any atom is 0.269 e. The number of likely N-dealkylation sites (tertiary alicyclic amines) is 2. The van der Waals surface area contributed by atoms with E-state index in [1.807, 2.05) is 45.8 Å². The van der Waals surface area contributed by atoms with Gasteiger partial charge in [-0.2, -0.15) is 10.5 Å². The fourth-order valence-corrected chi connectivity index (χ4v) is 10.5. The summed E-state index contributed by atoms with van der Waals surface area (Å²) in [5.41, 5.74) is 7.39. The molecule has 2 fully saturated rings. The molecule has 320 valence electrons. The molecular weight excluding hydrogens is 805 g/mol. The highest BCUT2D eigenvalue weighted by Gasteiger charge is 2.38. The zero-order valence-corrected chi connectivity index (χ0v) is 36.0. The highest BCUT2D eigenvalue weighted by Crippen LogP contribution is 2.38. The SMILES string of the molecule is CC[C@@H]1CN(C(=O)CCCC#N)C[C@@H]1c1cnc2cnc3[nH]ccc3n12.CC[C@@H]1CN(C(=O)CCCC#N)C[C@@H]1c1cnc2cnc3c(ccn3S(=O)(=O)c3ccc(C)cc3)n12. The Kier molecular flexibility index (Phi) is 12.1. The van der Waals surface area contributed by atoms with E-state index in [1.54, 1.807) is 42.7 Å². The van der Waals surface area contributed by atoms with Crippen molar-refractivity contribution < 1.29 is 18.0 Å². The van der Waals surface area contributed by atoms with E-state index in [-0.39, 0.29) is 34.5 Å². The summed E-state index contributed by atoms with van der Waals surface area (Å²) in [6.45, 7) is 8.94. The van der Waals surface area contributed by atoms with E-state index in [4.69, 9.17) is 10.5 Å². The number of aryl methyl sites for hydroxylation is 1. The van der Waals surface area contributed by atoms with Crippen LogP contribution in [0.1, 0.15) is 94.0 Å². The number of nitriles is 2. The number of H-pyrrole nitrogens is 1. The molecule has 0 unspecified atom stereocenters. The first-order valence-electron chi connectivity index (χ1n) is 21.3.